The lowest BCUT2D eigenvalue weighted by atomic mass is 10.2. The fourth-order valence-electron chi connectivity index (χ4n) is 1.60. The Bertz CT molecular complexity index is 439. The molecule has 7 heteroatoms. The van der Waals surface area contributed by atoms with Gasteiger partial charge in [0, 0.05) is 13.2 Å². The number of nitrogens with zero attached hydrogens (tertiary/aromatic N) is 2. The molecule has 1 aromatic rings. The number of amides is 2. The van der Waals surface area contributed by atoms with Gasteiger partial charge in [0.05, 0.1) is 11.9 Å². The highest BCUT2D eigenvalue weighted by Crippen LogP contribution is 2.32. The van der Waals surface area contributed by atoms with Crippen LogP contribution in [0.25, 0.3) is 0 Å². The van der Waals surface area contributed by atoms with Crippen LogP contribution in [0.2, 0.25) is 0 Å². The standard InChI is InChI=1S/C10H14N4O3/c1-14-5-7(4-11-14)12-10(17)13-8(9(15)16)6-2-3-6/h4-6,8H,2-3H2,1H3,(H,15,16)(H2,12,13,17). The zero-order chi connectivity index (χ0) is 12.4. The summed E-state index contributed by atoms with van der Waals surface area (Å²) in [6.07, 6.45) is 4.83. The van der Waals surface area contributed by atoms with E-state index in [1.807, 2.05) is 0 Å². The van der Waals surface area contributed by atoms with E-state index in [1.165, 1.54) is 6.20 Å². The largest absolute Gasteiger partial charge is 0.480 e. The van der Waals surface area contributed by atoms with Crippen LogP contribution in [0.4, 0.5) is 10.5 Å². The fourth-order valence-corrected chi connectivity index (χ4v) is 1.60. The number of urea groups is 1. The molecule has 1 aromatic heterocycles. The van der Waals surface area contributed by atoms with Gasteiger partial charge < -0.3 is 15.7 Å². The van der Waals surface area contributed by atoms with Crippen LogP contribution in [-0.2, 0) is 11.8 Å². The maximum atomic E-state index is 11.5. The molecular formula is C10H14N4O3. The minimum Gasteiger partial charge on any atom is -0.480 e. The van der Waals surface area contributed by atoms with E-state index >= 15 is 0 Å². The third kappa shape index (κ3) is 2.96. The van der Waals surface area contributed by atoms with Crippen molar-refractivity contribution in [1.82, 2.24) is 15.1 Å². The van der Waals surface area contributed by atoms with Crippen molar-refractivity contribution in [2.45, 2.75) is 18.9 Å². The summed E-state index contributed by atoms with van der Waals surface area (Å²) in [7, 11) is 1.73. The average molecular weight is 238 g/mol. The van der Waals surface area contributed by atoms with E-state index in [1.54, 1.807) is 17.9 Å². The minimum atomic E-state index is -0.992. The van der Waals surface area contributed by atoms with Crippen molar-refractivity contribution in [3.63, 3.8) is 0 Å². The summed E-state index contributed by atoms with van der Waals surface area (Å²) in [5.41, 5.74) is 0.532. The number of carbonyl (C=O) groups excluding carboxylic acids is 1. The SMILES string of the molecule is Cn1cc(NC(=O)NC(C(=O)O)C2CC2)cn1. The van der Waals surface area contributed by atoms with Crippen molar-refractivity contribution in [2.75, 3.05) is 5.32 Å². The van der Waals surface area contributed by atoms with Crippen molar-refractivity contribution in [1.29, 1.82) is 0 Å². The molecule has 1 atom stereocenters. The number of rotatable bonds is 4. The molecule has 2 amide bonds. The molecule has 0 bridgehead atoms. The van der Waals surface area contributed by atoms with E-state index in [0.717, 1.165) is 12.8 Å². The zero-order valence-electron chi connectivity index (χ0n) is 9.38. The molecule has 1 heterocycles. The van der Waals surface area contributed by atoms with Gasteiger partial charge in [0.2, 0.25) is 0 Å². The summed E-state index contributed by atoms with van der Waals surface area (Å²) in [4.78, 5) is 22.5. The van der Waals surface area contributed by atoms with Crippen molar-refractivity contribution in [3.8, 4) is 0 Å². The number of carbonyl (C=O) groups is 2. The lowest BCUT2D eigenvalue weighted by Gasteiger charge is -2.13. The molecule has 92 valence electrons. The number of aromatic nitrogens is 2. The topological polar surface area (TPSA) is 96.2 Å². The molecule has 0 aromatic carbocycles. The number of aryl methyl sites for hydroxylation is 1. The second kappa shape index (κ2) is 4.44. The average Bonchev–Trinajstić information content (AvgIpc) is 3.00. The normalized spacial score (nSPS) is 16.3. The van der Waals surface area contributed by atoms with Crippen LogP contribution >= 0.6 is 0 Å². The van der Waals surface area contributed by atoms with Crippen LogP contribution in [0.5, 0.6) is 0 Å². The second-order valence-corrected chi connectivity index (χ2v) is 4.15. The number of anilines is 1. The van der Waals surface area contributed by atoms with Gasteiger partial charge in [-0.3, -0.25) is 4.68 Å². The number of carboxylic acids is 1. The quantitative estimate of drug-likeness (QED) is 0.707. The van der Waals surface area contributed by atoms with E-state index < -0.39 is 18.0 Å². The molecule has 1 unspecified atom stereocenters. The van der Waals surface area contributed by atoms with E-state index in [2.05, 4.69) is 15.7 Å². The summed E-state index contributed by atoms with van der Waals surface area (Å²) >= 11 is 0. The predicted octanol–water partition coefficient (Wildman–Crippen LogP) is 0.405. The Kier molecular flexibility index (Phi) is 2.99. The summed E-state index contributed by atoms with van der Waals surface area (Å²) in [5, 5.41) is 17.8. The van der Waals surface area contributed by atoms with Crippen LogP contribution in [0.3, 0.4) is 0 Å². The number of aliphatic carboxylic acids is 1. The van der Waals surface area contributed by atoms with E-state index in [-0.39, 0.29) is 5.92 Å². The Labute approximate surface area is 97.8 Å². The first-order valence-corrected chi connectivity index (χ1v) is 5.35. The molecule has 2 rings (SSSR count). The molecule has 17 heavy (non-hydrogen) atoms. The number of carboxylic acid groups (broad SMARTS) is 1. The smallest absolute Gasteiger partial charge is 0.326 e. The molecule has 7 nitrogen and oxygen atoms in total. The Balaban J connectivity index is 1.89. The minimum absolute atomic E-state index is 0.0622. The molecule has 0 saturated heterocycles. The van der Waals surface area contributed by atoms with Crippen molar-refractivity contribution < 1.29 is 14.7 Å². The predicted molar refractivity (Wildman–Crippen MR) is 59.5 cm³/mol. The van der Waals surface area contributed by atoms with Crippen LogP contribution in [0.15, 0.2) is 12.4 Å². The van der Waals surface area contributed by atoms with Gasteiger partial charge in [-0.2, -0.15) is 5.10 Å². The molecule has 1 aliphatic rings. The maximum absolute atomic E-state index is 11.5. The number of hydrogen-bond acceptors (Lipinski definition) is 3. The summed E-state index contributed by atoms with van der Waals surface area (Å²) in [5.74, 6) is -0.930. The third-order valence-corrected chi connectivity index (χ3v) is 2.61. The molecule has 1 saturated carbocycles. The first kappa shape index (κ1) is 11.4. The van der Waals surface area contributed by atoms with Crippen molar-refractivity contribution in [3.05, 3.63) is 12.4 Å². The Morgan fingerprint density at radius 1 is 1.59 bits per heavy atom. The molecule has 1 aliphatic carbocycles. The van der Waals surface area contributed by atoms with Crippen molar-refractivity contribution >= 4 is 17.7 Å². The van der Waals surface area contributed by atoms with Gasteiger partial charge in [0.15, 0.2) is 0 Å². The van der Waals surface area contributed by atoms with E-state index in [9.17, 15) is 9.59 Å². The Morgan fingerprint density at radius 2 is 2.29 bits per heavy atom. The highest BCUT2D eigenvalue weighted by atomic mass is 16.4. The van der Waals surface area contributed by atoms with Gasteiger partial charge in [-0.05, 0) is 18.8 Å². The molecule has 1 fully saturated rings. The molecule has 0 aliphatic heterocycles. The highest BCUT2D eigenvalue weighted by molar-refractivity contribution is 5.92. The first-order valence-electron chi connectivity index (χ1n) is 5.35. The molecule has 0 spiro atoms. The summed E-state index contributed by atoms with van der Waals surface area (Å²) < 4.78 is 1.55. The van der Waals surface area contributed by atoms with Gasteiger partial charge in [-0.1, -0.05) is 0 Å². The van der Waals surface area contributed by atoms with Crippen LogP contribution in [-0.4, -0.2) is 32.9 Å². The van der Waals surface area contributed by atoms with Crippen molar-refractivity contribution in [2.24, 2.45) is 13.0 Å². The first-order chi connectivity index (χ1) is 8.06. The lowest BCUT2D eigenvalue weighted by molar-refractivity contribution is -0.139. The zero-order valence-corrected chi connectivity index (χ0v) is 9.38. The lowest BCUT2D eigenvalue weighted by Crippen LogP contribution is -2.44. The van der Waals surface area contributed by atoms with Gasteiger partial charge >= 0.3 is 12.0 Å². The molecular weight excluding hydrogens is 224 g/mol. The van der Waals surface area contributed by atoms with Gasteiger partial charge in [0.25, 0.3) is 0 Å². The highest BCUT2D eigenvalue weighted by Gasteiger charge is 2.37. The number of nitrogens with one attached hydrogen (secondary N) is 2. The Morgan fingerprint density at radius 3 is 2.76 bits per heavy atom. The van der Waals surface area contributed by atoms with Gasteiger partial charge in [-0.25, -0.2) is 9.59 Å². The van der Waals surface area contributed by atoms with Gasteiger partial charge in [-0.15, -0.1) is 0 Å². The van der Waals surface area contributed by atoms with E-state index in [0.29, 0.717) is 5.69 Å². The van der Waals surface area contributed by atoms with Crippen LogP contribution < -0.4 is 10.6 Å². The fraction of sp³-hybridized carbons (Fsp3) is 0.500. The number of hydrogen-bond donors (Lipinski definition) is 3. The molecule has 3 N–H and O–H groups in total. The second-order valence-electron chi connectivity index (χ2n) is 4.15. The Hall–Kier alpha value is -2.05. The third-order valence-electron chi connectivity index (χ3n) is 2.61. The summed E-state index contributed by atoms with van der Waals surface area (Å²) in [6, 6.07) is -1.32. The maximum Gasteiger partial charge on any atom is 0.326 e. The molecule has 0 radical (unpaired) electrons. The van der Waals surface area contributed by atoms with Gasteiger partial charge in [0.1, 0.15) is 6.04 Å². The van der Waals surface area contributed by atoms with Crippen LogP contribution in [0.1, 0.15) is 12.8 Å². The monoisotopic (exact) mass is 238 g/mol. The van der Waals surface area contributed by atoms with E-state index in [4.69, 9.17) is 5.11 Å². The summed E-state index contributed by atoms with van der Waals surface area (Å²) in [6.45, 7) is 0. The van der Waals surface area contributed by atoms with Crippen LogP contribution in [0, 0.1) is 5.92 Å².